The van der Waals surface area contributed by atoms with Gasteiger partial charge in [0.05, 0.1) is 5.92 Å². The van der Waals surface area contributed by atoms with E-state index in [1.807, 2.05) is 19.1 Å². The number of hydrogen-bond donors (Lipinski definition) is 1. The van der Waals surface area contributed by atoms with Crippen molar-refractivity contribution in [3.05, 3.63) is 57.3 Å². The van der Waals surface area contributed by atoms with Gasteiger partial charge in [-0.1, -0.05) is 24.3 Å². The van der Waals surface area contributed by atoms with Crippen LogP contribution in [0.2, 0.25) is 0 Å². The number of nitrogens with zero attached hydrogens (tertiary/aromatic N) is 3. The molecule has 2 N–H and O–H groups in total. The monoisotopic (exact) mass is 434 g/mol. The van der Waals surface area contributed by atoms with E-state index in [1.54, 1.807) is 32.4 Å². The molecule has 1 aliphatic rings. The highest BCUT2D eigenvalue weighted by molar-refractivity contribution is 7.13. The lowest BCUT2D eigenvalue weighted by atomic mass is 9.77. The van der Waals surface area contributed by atoms with Gasteiger partial charge >= 0.3 is 0 Å². The molecule has 0 fully saturated rings. The molecule has 0 bridgehead atoms. The second-order valence-corrected chi connectivity index (χ2v) is 8.41. The van der Waals surface area contributed by atoms with Gasteiger partial charge in [-0.15, -0.1) is 11.3 Å². The van der Waals surface area contributed by atoms with Crippen molar-refractivity contribution in [2.24, 2.45) is 15.7 Å². The van der Waals surface area contributed by atoms with Crippen molar-refractivity contribution >= 4 is 29.4 Å². The molecule has 2 heterocycles. The van der Waals surface area contributed by atoms with Gasteiger partial charge in [-0.2, -0.15) is 8.78 Å². The number of ether oxygens (including phenoxy) is 1. The minimum Gasteiger partial charge on any atom is -0.378 e. The molecule has 1 amide bonds. The zero-order chi connectivity index (χ0) is 22.1. The Balaban J connectivity index is 2.08. The van der Waals surface area contributed by atoms with Gasteiger partial charge in [0.1, 0.15) is 12.1 Å². The molecule has 0 aliphatic carbocycles. The van der Waals surface area contributed by atoms with Crippen molar-refractivity contribution in [2.45, 2.75) is 24.3 Å². The van der Waals surface area contributed by atoms with E-state index in [-0.39, 0.29) is 17.4 Å². The van der Waals surface area contributed by atoms with Crippen LogP contribution in [0.1, 0.15) is 33.7 Å². The lowest BCUT2D eigenvalue weighted by molar-refractivity contribution is -0.130. The minimum atomic E-state index is -3.12. The van der Waals surface area contributed by atoms with Crippen LogP contribution in [-0.4, -0.2) is 50.8 Å². The van der Waals surface area contributed by atoms with Crippen LogP contribution in [0.15, 0.2) is 46.4 Å². The molecule has 1 aliphatic heterocycles. The maximum atomic E-state index is 14.2. The molecule has 1 aromatic carbocycles. The number of carbonyl (C=O) groups is 1. The lowest BCUT2D eigenvalue weighted by Crippen LogP contribution is -2.52. The number of thiophene rings is 1. The molecular weight excluding hydrogens is 410 g/mol. The Labute approximate surface area is 178 Å². The SMILES string of the molecule is CN=Cc1ccc([C@@]2(C)N=C(N)N(C)C(=O)[C@H]2c2ccc(C(F)(F)COC)cc2)s1. The molecule has 6 nitrogen and oxygen atoms in total. The highest BCUT2D eigenvalue weighted by atomic mass is 32.1. The molecule has 0 unspecified atom stereocenters. The van der Waals surface area contributed by atoms with E-state index < -0.39 is 24.0 Å². The first kappa shape index (κ1) is 22.0. The maximum Gasteiger partial charge on any atom is 0.296 e. The van der Waals surface area contributed by atoms with E-state index in [0.717, 1.165) is 9.75 Å². The zero-order valence-electron chi connectivity index (χ0n) is 17.2. The number of methoxy groups -OCH3 is 1. The highest BCUT2D eigenvalue weighted by Crippen LogP contribution is 2.46. The second-order valence-electron chi connectivity index (χ2n) is 7.30. The number of amides is 1. The smallest absolute Gasteiger partial charge is 0.296 e. The van der Waals surface area contributed by atoms with Crippen LogP contribution in [0.25, 0.3) is 0 Å². The van der Waals surface area contributed by atoms with Crippen molar-refractivity contribution in [1.82, 2.24) is 4.90 Å². The molecule has 2 atom stereocenters. The average molecular weight is 435 g/mol. The number of guanidine groups is 1. The van der Waals surface area contributed by atoms with Gasteiger partial charge < -0.3 is 10.5 Å². The first-order valence-electron chi connectivity index (χ1n) is 9.26. The number of halogens is 2. The Kier molecular flexibility index (Phi) is 6.05. The Bertz CT molecular complexity index is 987. The number of carbonyl (C=O) groups excluding carboxylic acids is 1. The van der Waals surface area contributed by atoms with Gasteiger partial charge in [0.25, 0.3) is 5.92 Å². The molecule has 0 radical (unpaired) electrons. The third-order valence-corrected chi connectivity index (χ3v) is 6.45. The largest absolute Gasteiger partial charge is 0.378 e. The van der Waals surface area contributed by atoms with Crippen molar-refractivity contribution in [3.63, 3.8) is 0 Å². The Morgan fingerprint density at radius 1 is 1.33 bits per heavy atom. The number of alkyl halides is 2. The van der Waals surface area contributed by atoms with E-state index in [1.165, 1.54) is 35.5 Å². The van der Waals surface area contributed by atoms with E-state index >= 15 is 0 Å². The molecule has 0 saturated carbocycles. The molecule has 9 heteroatoms. The quantitative estimate of drug-likeness (QED) is 0.709. The van der Waals surface area contributed by atoms with Gasteiger partial charge in [-0.25, -0.2) is 4.99 Å². The van der Waals surface area contributed by atoms with Gasteiger partial charge in [-0.05, 0) is 24.6 Å². The summed E-state index contributed by atoms with van der Waals surface area (Å²) in [6.07, 6.45) is 1.73. The fourth-order valence-corrected chi connectivity index (χ4v) is 4.65. The molecule has 30 heavy (non-hydrogen) atoms. The van der Waals surface area contributed by atoms with Crippen molar-refractivity contribution in [3.8, 4) is 0 Å². The van der Waals surface area contributed by atoms with Gasteiger partial charge in [0.15, 0.2) is 5.96 Å². The van der Waals surface area contributed by atoms with E-state index in [4.69, 9.17) is 5.73 Å². The van der Waals surface area contributed by atoms with Crippen molar-refractivity contribution in [1.29, 1.82) is 0 Å². The van der Waals surface area contributed by atoms with E-state index in [2.05, 4.69) is 14.7 Å². The molecule has 3 rings (SSSR count). The second kappa shape index (κ2) is 8.23. The average Bonchev–Trinajstić information content (AvgIpc) is 3.16. The molecule has 0 saturated heterocycles. The Hall–Kier alpha value is -2.65. The third kappa shape index (κ3) is 3.87. The summed E-state index contributed by atoms with van der Waals surface area (Å²) in [5.74, 6) is -3.97. The zero-order valence-corrected chi connectivity index (χ0v) is 18.0. The number of likely N-dealkylation sites (N-methyl/N-ethyl adjacent to an activating group) is 1. The Morgan fingerprint density at radius 2 is 2.00 bits per heavy atom. The predicted octanol–water partition coefficient (Wildman–Crippen LogP) is 3.32. The van der Waals surface area contributed by atoms with Crippen molar-refractivity contribution in [2.75, 3.05) is 27.8 Å². The summed E-state index contributed by atoms with van der Waals surface area (Å²) in [7, 11) is 4.46. The predicted molar refractivity (Wildman–Crippen MR) is 115 cm³/mol. The topological polar surface area (TPSA) is 80.3 Å². The molecular formula is C21H24F2N4O2S. The van der Waals surface area contributed by atoms with Gasteiger partial charge in [0, 0.05) is 42.7 Å². The Morgan fingerprint density at radius 3 is 2.60 bits per heavy atom. The summed E-state index contributed by atoms with van der Waals surface area (Å²) >= 11 is 1.46. The standard InChI is InChI=1S/C21H24F2N4O2S/c1-20(16-10-9-15(30-16)11-25-2)17(18(28)27(3)19(24)26-20)13-5-7-14(8-6-13)21(22,23)12-29-4/h5-11,17H,12H2,1-4H3,(H2,24,26)/t17-,20-/m1/s1. The van der Waals surface area contributed by atoms with Crippen LogP contribution in [-0.2, 0) is 21.0 Å². The van der Waals surface area contributed by atoms with Crippen LogP contribution in [0.4, 0.5) is 8.78 Å². The van der Waals surface area contributed by atoms with Gasteiger partial charge in [0.2, 0.25) is 5.91 Å². The number of hydrogen-bond acceptors (Lipinski definition) is 6. The molecule has 160 valence electrons. The van der Waals surface area contributed by atoms with Crippen LogP contribution < -0.4 is 5.73 Å². The van der Waals surface area contributed by atoms with E-state index in [9.17, 15) is 13.6 Å². The molecule has 2 aromatic rings. The summed E-state index contributed by atoms with van der Waals surface area (Å²) in [6, 6.07) is 9.54. The first-order valence-corrected chi connectivity index (χ1v) is 10.1. The molecule has 1 aromatic heterocycles. The summed E-state index contributed by atoms with van der Waals surface area (Å²) < 4.78 is 32.9. The maximum absolute atomic E-state index is 14.2. The van der Waals surface area contributed by atoms with E-state index in [0.29, 0.717) is 5.56 Å². The lowest BCUT2D eigenvalue weighted by Gasteiger charge is -2.40. The van der Waals surface area contributed by atoms with Crippen LogP contribution in [0, 0.1) is 0 Å². The number of rotatable bonds is 6. The summed E-state index contributed by atoms with van der Waals surface area (Å²) in [4.78, 5) is 24.9. The third-order valence-electron chi connectivity index (χ3n) is 5.20. The summed E-state index contributed by atoms with van der Waals surface area (Å²) in [6.45, 7) is 1.12. The fraction of sp³-hybridized carbons (Fsp3) is 0.381. The number of aliphatic imine (C=N–C) groups is 2. The van der Waals surface area contributed by atoms with Crippen LogP contribution in [0.3, 0.4) is 0 Å². The number of benzene rings is 1. The summed E-state index contributed by atoms with van der Waals surface area (Å²) in [5, 5.41) is 0. The van der Waals surface area contributed by atoms with Crippen LogP contribution in [0.5, 0.6) is 0 Å². The molecule has 0 spiro atoms. The van der Waals surface area contributed by atoms with Crippen molar-refractivity contribution < 1.29 is 18.3 Å². The van der Waals surface area contributed by atoms with Crippen LogP contribution >= 0.6 is 11.3 Å². The highest BCUT2D eigenvalue weighted by Gasteiger charge is 2.48. The number of nitrogens with two attached hydrogens (primary N) is 1. The summed E-state index contributed by atoms with van der Waals surface area (Å²) in [5.41, 5.74) is 5.46. The van der Waals surface area contributed by atoms with Gasteiger partial charge in [-0.3, -0.25) is 14.7 Å². The fourth-order valence-electron chi connectivity index (χ4n) is 3.59. The minimum absolute atomic E-state index is 0.112. The normalized spacial score (nSPS) is 22.6. The first-order chi connectivity index (χ1) is 14.1.